The summed E-state index contributed by atoms with van der Waals surface area (Å²) in [6.45, 7) is 6.03. The van der Waals surface area contributed by atoms with Gasteiger partial charge in [0.05, 0.1) is 24.4 Å². The van der Waals surface area contributed by atoms with Crippen LogP contribution in [0.15, 0.2) is 73.1 Å². The number of nitrogens with zero attached hydrogens (tertiary/aromatic N) is 5. The molecular formula is C32H35N7O. The number of benzene rings is 2. The molecule has 0 atom stereocenters. The van der Waals surface area contributed by atoms with Crippen LogP contribution in [0.2, 0.25) is 0 Å². The van der Waals surface area contributed by atoms with Crippen LogP contribution < -0.4 is 11.1 Å². The van der Waals surface area contributed by atoms with Gasteiger partial charge >= 0.3 is 0 Å². The van der Waals surface area contributed by atoms with Gasteiger partial charge in [0, 0.05) is 54.0 Å². The Morgan fingerprint density at radius 2 is 1.77 bits per heavy atom. The molecular weight excluding hydrogens is 498 g/mol. The average Bonchev–Trinajstić information content (AvgIpc) is 3.37. The largest absolute Gasteiger partial charge is 0.382 e. The lowest BCUT2D eigenvalue weighted by Crippen LogP contribution is -2.42. The zero-order chi connectivity index (χ0) is 26.9. The molecule has 1 saturated heterocycles. The molecule has 0 radical (unpaired) electrons. The van der Waals surface area contributed by atoms with Crippen molar-refractivity contribution in [2.75, 3.05) is 45.1 Å². The molecule has 3 N–H and O–H groups in total. The Kier molecular flexibility index (Phi) is 6.89. The molecule has 5 aromatic rings. The van der Waals surface area contributed by atoms with Crippen molar-refractivity contribution in [1.82, 2.24) is 29.6 Å². The van der Waals surface area contributed by atoms with Crippen molar-refractivity contribution >= 4 is 22.2 Å². The smallest absolute Gasteiger partial charge is 0.150 e. The number of hydrogen-bond donors (Lipinski definition) is 2. The molecule has 2 fully saturated rings. The van der Waals surface area contributed by atoms with E-state index in [0.717, 1.165) is 97.0 Å². The summed E-state index contributed by atoms with van der Waals surface area (Å²) in [7, 11) is 0. The second-order valence-electron chi connectivity index (χ2n) is 10.9. The van der Waals surface area contributed by atoms with Crippen LogP contribution in [-0.4, -0.2) is 69.7 Å². The van der Waals surface area contributed by atoms with Gasteiger partial charge < -0.3 is 15.8 Å². The minimum absolute atomic E-state index is 0.392. The maximum absolute atomic E-state index is 6.44. The van der Waals surface area contributed by atoms with Crippen LogP contribution in [0.3, 0.4) is 0 Å². The fourth-order valence-corrected chi connectivity index (χ4v) is 6.04. The first-order chi connectivity index (χ1) is 19.7. The van der Waals surface area contributed by atoms with E-state index in [1.807, 2.05) is 24.4 Å². The van der Waals surface area contributed by atoms with E-state index in [0.29, 0.717) is 17.8 Å². The highest BCUT2D eigenvalue weighted by Crippen LogP contribution is 2.40. The van der Waals surface area contributed by atoms with E-state index >= 15 is 0 Å². The summed E-state index contributed by atoms with van der Waals surface area (Å²) in [5.41, 5.74) is 12.2. The highest BCUT2D eigenvalue weighted by molar-refractivity contribution is 5.91. The van der Waals surface area contributed by atoms with Crippen LogP contribution in [0.25, 0.3) is 38.9 Å². The van der Waals surface area contributed by atoms with Gasteiger partial charge in [0.2, 0.25) is 0 Å². The summed E-state index contributed by atoms with van der Waals surface area (Å²) in [4.78, 5) is 17.1. The third-order valence-corrected chi connectivity index (χ3v) is 8.34. The number of nitrogens with two attached hydrogens (primary N) is 1. The molecule has 1 saturated carbocycles. The molecule has 1 aliphatic carbocycles. The Morgan fingerprint density at radius 3 is 2.62 bits per heavy atom. The first kappa shape index (κ1) is 25.1. The quantitative estimate of drug-likeness (QED) is 0.278. The summed E-state index contributed by atoms with van der Waals surface area (Å²) in [6.07, 6.45) is 7.09. The van der Waals surface area contributed by atoms with Crippen LogP contribution in [0.1, 0.15) is 31.0 Å². The number of nitrogen functional groups attached to an aromatic ring is 1. The van der Waals surface area contributed by atoms with E-state index in [-0.39, 0.29) is 0 Å². The van der Waals surface area contributed by atoms with Gasteiger partial charge in [-0.1, -0.05) is 48.5 Å². The van der Waals surface area contributed by atoms with Crippen molar-refractivity contribution in [3.63, 3.8) is 0 Å². The highest BCUT2D eigenvalue weighted by Gasteiger charge is 2.34. The van der Waals surface area contributed by atoms with Gasteiger partial charge in [-0.3, -0.25) is 9.30 Å². The number of aromatic nitrogens is 4. The van der Waals surface area contributed by atoms with Gasteiger partial charge in [0.25, 0.3) is 0 Å². The third kappa shape index (κ3) is 4.94. The molecule has 2 aromatic carbocycles. The maximum Gasteiger partial charge on any atom is 0.150 e. The van der Waals surface area contributed by atoms with Crippen LogP contribution in [0, 0.1) is 0 Å². The topological polar surface area (TPSA) is 93.6 Å². The first-order valence-electron chi connectivity index (χ1n) is 14.4. The number of morpholine rings is 1. The summed E-state index contributed by atoms with van der Waals surface area (Å²) >= 11 is 0. The van der Waals surface area contributed by atoms with E-state index in [9.17, 15) is 0 Å². The zero-order valence-electron chi connectivity index (χ0n) is 22.7. The Hall–Kier alpha value is -3.85. The van der Waals surface area contributed by atoms with E-state index in [1.54, 1.807) is 6.20 Å². The second-order valence-corrected chi connectivity index (χ2v) is 10.9. The Labute approximate surface area is 234 Å². The minimum Gasteiger partial charge on any atom is -0.382 e. The molecule has 0 unspecified atom stereocenters. The molecule has 0 amide bonds. The van der Waals surface area contributed by atoms with Gasteiger partial charge in [0.15, 0.2) is 0 Å². The zero-order valence-corrected chi connectivity index (χ0v) is 22.7. The van der Waals surface area contributed by atoms with Crippen molar-refractivity contribution in [3.05, 3.63) is 78.9 Å². The second kappa shape index (κ2) is 11.0. The molecule has 1 aliphatic heterocycles. The number of rotatable bonds is 8. The van der Waals surface area contributed by atoms with Crippen molar-refractivity contribution in [2.45, 2.75) is 31.2 Å². The maximum atomic E-state index is 6.44. The lowest BCUT2D eigenvalue weighted by atomic mass is 9.79. The molecule has 4 heterocycles. The fourth-order valence-electron chi connectivity index (χ4n) is 6.04. The monoisotopic (exact) mass is 533 g/mol. The average molecular weight is 534 g/mol. The Morgan fingerprint density at radius 1 is 0.950 bits per heavy atom. The molecule has 2 aliphatic rings. The van der Waals surface area contributed by atoms with Crippen LogP contribution in [0.4, 0.5) is 5.82 Å². The van der Waals surface area contributed by atoms with Gasteiger partial charge in [0.1, 0.15) is 22.9 Å². The van der Waals surface area contributed by atoms with Crippen LogP contribution >= 0.6 is 0 Å². The number of imidazole rings is 1. The molecule has 7 rings (SSSR count). The number of fused-ring (bicyclic) bond motifs is 2. The number of hydrogen-bond acceptors (Lipinski definition) is 7. The van der Waals surface area contributed by atoms with Crippen molar-refractivity contribution in [3.8, 4) is 22.5 Å². The Bertz CT molecular complexity index is 1620. The van der Waals surface area contributed by atoms with Gasteiger partial charge in [-0.05, 0) is 44.5 Å². The van der Waals surface area contributed by atoms with E-state index in [4.69, 9.17) is 20.4 Å². The van der Waals surface area contributed by atoms with E-state index in [2.05, 4.69) is 62.1 Å². The predicted octanol–water partition coefficient (Wildman–Crippen LogP) is 4.75. The predicted molar refractivity (Wildman–Crippen MR) is 159 cm³/mol. The Balaban J connectivity index is 1.10. The lowest BCUT2D eigenvalue weighted by Gasteiger charge is -2.35. The summed E-state index contributed by atoms with van der Waals surface area (Å²) in [5, 5.41) is 4.85. The lowest BCUT2D eigenvalue weighted by molar-refractivity contribution is 0.0372. The fraction of sp³-hybridized carbons (Fsp3) is 0.344. The highest BCUT2D eigenvalue weighted by atomic mass is 16.5. The van der Waals surface area contributed by atoms with Crippen LogP contribution in [0.5, 0.6) is 0 Å². The van der Waals surface area contributed by atoms with E-state index < -0.39 is 0 Å². The van der Waals surface area contributed by atoms with Gasteiger partial charge in [-0.15, -0.1) is 0 Å². The minimum atomic E-state index is 0.392. The van der Waals surface area contributed by atoms with Crippen molar-refractivity contribution in [2.24, 2.45) is 0 Å². The first-order valence-corrected chi connectivity index (χ1v) is 14.4. The van der Waals surface area contributed by atoms with Gasteiger partial charge in [-0.2, -0.15) is 0 Å². The number of pyridine rings is 1. The van der Waals surface area contributed by atoms with Crippen LogP contribution in [-0.2, 0) is 4.74 Å². The molecule has 0 spiro atoms. The number of ether oxygens (including phenoxy) is 1. The number of nitrogens with one attached hydrogen (secondary N) is 1. The third-order valence-electron chi connectivity index (χ3n) is 8.34. The SMILES string of the molecule is Nc1nccn2c(C3CC(NCCCN4CCOCC4)C3)nc(-c3ccc4ccc(-c5ccccc5)nc4c3)c12. The molecule has 0 bridgehead atoms. The van der Waals surface area contributed by atoms with Crippen molar-refractivity contribution < 1.29 is 4.74 Å². The summed E-state index contributed by atoms with van der Waals surface area (Å²) < 4.78 is 7.60. The summed E-state index contributed by atoms with van der Waals surface area (Å²) in [5.74, 6) is 1.96. The van der Waals surface area contributed by atoms with E-state index in [1.165, 1.54) is 6.42 Å². The molecule has 204 valence electrons. The molecule has 40 heavy (non-hydrogen) atoms. The normalized spacial score (nSPS) is 19.7. The van der Waals surface area contributed by atoms with Gasteiger partial charge in [-0.25, -0.2) is 15.0 Å². The molecule has 3 aromatic heterocycles. The number of anilines is 1. The standard InChI is InChI=1S/C32H35N7O/c33-31-30-29(24-8-7-23-9-10-27(36-28(23)21-24)22-5-2-1-3-6-22)37-32(39(30)14-12-35-31)25-19-26(20-25)34-11-4-13-38-15-17-40-18-16-38/h1-3,5-10,12,14,21,25-26,34H,4,11,13,15-20H2,(H2,33,35). The summed E-state index contributed by atoms with van der Waals surface area (Å²) in [6, 6.07) is 21.4. The van der Waals surface area contributed by atoms with Crippen molar-refractivity contribution in [1.29, 1.82) is 0 Å². The molecule has 8 heteroatoms. The molecule has 8 nitrogen and oxygen atoms in total.